The number of nitrogens with two attached hydrogens (primary N) is 1. The van der Waals surface area contributed by atoms with Gasteiger partial charge in [0.2, 0.25) is 5.88 Å². The molecular weight excluding hydrogens is 234 g/mol. The molecular formula is C12H21N3O3. The normalized spacial score (nSPS) is 11.7. The summed E-state index contributed by atoms with van der Waals surface area (Å²) in [5.74, 6) is 0.832. The van der Waals surface area contributed by atoms with E-state index in [-0.39, 0.29) is 19.3 Å². The Bertz CT molecular complexity index is 392. The van der Waals surface area contributed by atoms with Crippen LogP contribution >= 0.6 is 0 Å². The van der Waals surface area contributed by atoms with Crippen molar-refractivity contribution in [2.75, 3.05) is 24.3 Å². The van der Waals surface area contributed by atoms with Crippen molar-refractivity contribution in [3.8, 4) is 5.88 Å². The van der Waals surface area contributed by atoms with Crippen molar-refractivity contribution in [2.24, 2.45) is 0 Å². The lowest BCUT2D eigenvalue weighted by Crippen LogP contribution is -2.42. The molecule has 102 valence electrons. The van der Waals surface area contributed by atoms with Gasteiger partial charge < -0.3 is 26.0 Å². The molecule has 0 amide bonds. The lowest BCUT2D eigenvalue weighted by molar-refractivity contribution is 0.147. The number of nitrogens with one attached hydrogen (secondary N) is 1. The van der Waals surface area contributed by atoms with E-state index in [9.17, 15) is 10.2 Å². The van der Waals surface area contributed by atoms with Crippen molar-refractivity contribution < 1.29 is 14.9 Å². The van der Waals surface area contributed by atoms with E-state index in [1.165, 1.54) is 0 Å². The number of aliphatic hydroxyl groups is 2. The molecule has 0 atom stereocenters. The SMILES string of the molecule is CC(C)Oc1nc(NC(C)(CO)CO)ccc1N. The quantitative estimate of drug-likeness (QED) is 0.594. The average Bonchev–Trinajstić information content (AvgIpc) is 2.33. The van der Waals surface area contributed by atoms with Crippen molar-refractivity contribution >= 4 is 11.5 Å². The van der Waals surface area contributed by atoms with E-state index in [2.05, 4.69) is 10.3 Å². The van der Waals surface area contributed by atoms with Crippen molar-refractivity contribution in [1.29, 1.82) is 0 Å². The van der Waals surface area contributed by atoms with Gasteiger partial charge in [-0.1, -0.05) is 0 Å². The van der Waals surface area contributed by atoms with Gasteiger partial charge in [0.1, 0.15) is 5.82 Å². The number of anilines is 2. The van der Waals surface area contributed by atoms with Crippen molar-refractivity contribution in [3.05, 3.63) is 12.1 Å². The highest BCUT2D eigenvalue weighted by Gasteiger charge is 2.22. The maximum Gasteiger partial charge on any atom is 0.239 e. The van der Waals surface area contributed by atoms with Gasteiger partial charge >= 0.3 is 0 Å². The van der Waals surface area contributed by atoms with Gasteiger partial charge in [-0.2, -0.15) is 4.98 Å². The minimum absolute atomic E-state index is 0.0304. The predicted molar refractivity (Wildman–Crippen MR) is 70.6 cm³/mol. The van der Waals surface area contributed by atoms with E-state index in [4.69, 9.17) is 10.5 Å². The van der Waals surface area contributed by atoms with Gasteiger partial charge in [-0.15, -0.1) is 0 Å². The van der Waals surface area contributed by atoms with Crippen LogP contribution in [0.3, 0.4) is 0 Å². The van der Waals surface area contributed by atoms with Crippen LogP contribution in [-0.4, -0.2) is 40.1 Å². The number of hydrogen-bond acceptors (Lipinski definition) is 6. The second-order valence-electron chi connectivity index (χ2n) is 4.76. The van der Waals surface area contributed by atoms with Crippen LogP contribution in [0.15, 0.2) is 12.1 Å². The molecule has 0 aliphatic heterocycles. The summed E-state index contributed by atoms with van der Waals surface area (Å²) in [6.45, 7) is 5.03. The van der Waals surface area contributed by atoms with Crippen molar-refractivity contribution in [2.45, 2.75) is 32.4 Å². The van der Waals surface area contributed by atoms with E-state index >= 15 is 0 Å². The Labute approximate surface area is 107 Å². The molecule has 0 spiro atoms. The molecule has 0 unspecified atom stereocenters. The summed E-state index contributed by atoms with van der Waals surface area (Å²) < 4.78 is 5.47. The van der Waals surface area contributed by atoms with Crippen LogP contribution in [0.25, 0.3) is 0 Å². The number of nitrogens with zero attached hydrogens (tertiary/aromatic N) is 1. The molecule has 0 saturated carbocycles. The molecule has 0 aromatic carbocycles. The molecule has 5 N–H and O–H groups in total. The lowest BCUT2D eigenvalue weighted by Gasteiger charge is -2.27. The van der Waals surface area contributed by atoms with Gasteiger partial charge in [0, 0.05) is 0 Å². The Kier molecular flexibility index (Phi) is 4.75. The van der Waals surface area contributed by atoms with Gasteiger partial charge in [0.05, 0.1) is 30.5 Å². The van der Waals surface area contributed by atoms with Crippen LogP contribution in [-0.2, 0) is 0 Å². The Morgan fingerprint density at radius 2 is 2.00 bits per heavy atom. The molecule has 1 aromatic rings. The summed E-state index contributed by atoms with van der Waals surface area (Å²) in [4.78, 5) is 4.21. The summed E-state index contributed by atoms with van der Waals surface area (Å²) in [5.41, 5.74) is 5.37. The zero-order valence-corrected chi connectivity index (χ0v) is 11.0. The predicted octanol–water partition coefficient (Wildman–Crippen LogP) is 0.606. The molecule has 0 aliphatic rings. The summed E-state index contributed by atoms with van der Waals surface area (Å²) in [7, 11) is 0. The topological polar surface area (TPSA) is 101 Å². The highest BCUT2D eigenvalue weighted by molar-refractivity contribution is 5.54. The Hall–Kier alpha value is -1.53. The first-order valence-corrected chi connectivity index (χ1v) is 5.83. The molecule has 0 aliphatic carbocycles. The third kappa shape index (κ3) is 3.75. The molecule has 1 rings (SSSR count). The van der Waals surface area contributed by atoms with Crippen LogP contribution in [0.1, 0.15) is 20.8 Å². The third-order valence-corrected chi connectivity index (χ3v) is 2.36. The molecule has 6 nitrogen and oxygen atoms in total. The van der Waals surface area contributed by atoms with Crippen LogP contribution in [0.2, 0.25) is 0 Å². The molecule has 18 heavy (non-hydrogen) atoms. The average molecular weight is 255 g/mol. The van der Waals surface area contributed by atoms with E-state index in [1.54, 1.807) is 19.1 Å². The van der Waals surface area contributed by atoms with E-state index in [0.717, 1.165) is 0 Å². The molecule has 1 heterocycles. The highest BCUT2D eigenvalue weighted by atomic mass is 16.5. The summed E-state index contributed by atoms with van der Waals surface area (Å²) in [5, 5.41) is 21.4. The summed E-state index contributed by atoms with van der Waals surface area (Å²) >= 11 is 0. The van der Waals surface area contributed by atoms with Gasteiger partial charge in [-0.3, -0.25) is 0 Å². The molecule has 0 fully saturated rings. The maximum atomic E-state index is 9.21. The second-order valence-corrected chi connectivity index (χ2v) is 4.76. The molecule has 0 radical (unpaired) electrons. The van der Waals surface area contributed by atoms with Gasteiger partial charge in [-0.25, -0.2) is 0 Å². The Morgan fingerprint density at radius 3 is 2.50 bits per heavy atom. The number of pyridine rings is 1. The first-order valence-electron chi connectivity index (χ1n) is 5.83. The van der Waals surface area contributed by atoms with Gasteiger partial charge in [0.15, 0.2) is 0 Å². The maximum absolute atomic E-state index is 9.21. The van der Waals surface area contributed by atoms with E-state index in [1.807, 2.05) is 13.8 Å². The van der Waals surface area contributed by atoms with Crippen LogP contribution in [0.5, 0.6) is 5.88 Å². The largest absolute Gasteiger partial charge is 0.473 e. The van der Waals surface area contributed by atoms with Crippen LogP contribution in [0, 0.1) is 0 Å². The van der Waals surface area contributed by atoms with Gasteiger partial charge in [0.25, 0.3) is 0 Å². The fourth-order valence-electron chi connectivity index (χ4n) is 1.28. The standard InChI is InChI=1S/C12H21N3O3/c1-8(2)18-11-9(13)4-5-10(14-11)15-12(3,6-16)7-17/h4-5,8,16-17H,6-7,13H2,1-3H3,(H,14,15). The number of ether oxygens (including phenoxy) is 1. The van der Waals surface area contributed by atoms with E-state index in [0.29, 0.717) is 17.4 Å². The third-order valence-electron chi connectivity index (χ3n) is 2.36. The number of nitrogen functional groups attached to an aromatic ring is 1. The summed E-state index contributed by atoms with van der Waals surface area (Å²) in [6, 6.07) is 3.34. The molecule has 6 heteroatoms. The zero-order chi connectivity index (χ0) is 13.8. The molecule has 1 aromatic heterocycles. The number of hydrogen-bond donors (Lipinski definition) is 4. The monoisotopic (exact) mass is 255 g/mol. The lowest BCUT2D eigenvalue weighted by atomic mass is 10.1. The minimum Gasteiger partial charge on any atom is -0.473 e. The van der Waals surface area contributed by atoms with Crippen LogP contribution < -0.4 is 15.8 Å². The first-order chi connectivity index (χ1) is 8.40. The smallest absolute Gasteiger partial charge is 0.239 e. The number of aliphatic hydroxyl groups excluding tert-OH is 2. The summed E-state index contributed by atoms with van der Waals surface area (Å²) in [6.07, 6.45) is -0.0304. The highest BCUT2D eigenvalue weighted by Crippen LogP contribution is 2.23. The first kappa shape index (κ1) is 14.5. The van der Waals surface area contributed by atoms with Gasteiger partial charge in [-0.05, 0) is 32.9 Å². The van der Waals surface area contributed by atoms with Crippen molar-refractivity contribution in [3.63, 3.8) is 0 Å². The Morgan fingerprint density at radius 1 is 1.39 bits per heavy atom. The zero-order valence-electron chi connectivity index (χ0n) is 11.0. The Balaban J connectivity index is 2.91. The fraction of sp³-hybridized carbons (Fsp3) is 0.583. The van der Waals surface area contributed by atoms with Crippen molar-refractivity contribution in [1.82, 2.24) is 4.98 Å². The number of rotatable bonds is 6. The molecule has 0 bridgehead atoms. The minimum atomic E-state index is -0.835. The number of aromatic nitrogens is 1. The van der Waals surface area contributed by atoms with E-state index < -0.39 is 5.54 Å². The fourth-order valence-corrected chi connectivity index (χ4v) is 1.28. The van der Waals surface area contributed by atoms with Crippen LogP contribution in [0.4, 0.5) is 11.5 Å². The molecule has 0 saturated heterocycles. The second kappa shape index (κ2) is 5.88.